The molecule has 0 saturated carbocycles. The van der Waals surface area contributed by atoms with Gasteiger partial charge in [-0.2, -0.15) is 0 Å². The van der Waals surface area contributed by atoms with Crippen molar-refractivity contribution in [2.24, 2.45) is 11.5 Å². The van der Waals surface area contributed by atoms with Gasteiger partial charge in [0.1, 0.15) is 0 Å². The molecule has 0 bridgehead atoms. The van der Waals surface area contributed by atoms with Gasteiger partial charge in [-0.05, 0) is 25.7 Å². The number of hydrogen-bond acceptors (Lipinski definition) is 2. The van der Waals surface area contributed by atoms with Crippen molar-refractivity contribution in [2.45, 2.75) is 206 Å². The van der Waals surface area contributed by atoms with Crippen LogP contribution >= 0.6 is 0 Å². The molecule has 4 N–H and O–H groups in total. The lowest BCUT2D eigenvalue weighted by Gasteiger charge is -2.35. The third-order valence-corrected chi connectivity index (χ3v) is 9.72. The Morgan fingerprint density at radius 1 is 0.359 bits per heavy atom. The summed E-state index contributed by atoms with van der Waals surface area (Å²) in [5.41, 5.74) is 12.8. The predicted octanol–water partition coefficient (Wildman–Crippen LogP) is 10.4. The topological polar surface area (TPSA) is 52.0 Å². The average Bonchev–Trinajstić information content (AvgIpc) is 3.21. The molecule has 1 aliphatic heterocycles. The average molecular weight is 551 g/mol. The first-order valence-electron chi connectivity index (χ1n) is 18.5. The van der Waals surface area contributed by atoms with Crippen LogP contribution in [0.1, 0.15) is 194 Å². The molecule has 0 radical (unpaired) electrons. The first kappa shape index (κ1) is 36.9. The van der Waals surface area contributed by atoms with E-state index in [1.807, 2.05) is 0 Å². The second kappa shape index (κ2) is 26.8. The van der Waals surface area contributed by atoms with Crippen LogP contribution in [-0.4, -0.2) is 42.7 Å². The number of hydrogen-bond donors (Lipinski definition) is 2. The van der Waals surface area contributed by atoms with E-state index < -0.39 is 0 Å². The van der Waals surface area contributed by atoms with Crippen molar-refractivity contribution in [3.05, 3.63) is 0 Å². The van der Waals surface area contributed by atoms with Crippen molar-refractivity contribution in [1.29, 1.82) is 0 Å². The summed E-state index contributed by atoms with van der Waals surface area (Å²) < 4.78 is 1.22. The molecule has 0 amide bonds. The SMILES string of the molecule is CCCCCCCCCCCCCCCC[N+]1(CCCCCCCCCCCCCCCC)C[C@H](N)[C@@H](N)C1. The summed E-state index contributed by atoms with van der Waals surface area (Å²) in [5, 5.41) is 0. The summed E-state index contributed by atoms with van der Waals surface area (Å²) in [6.07, 6.45) is 40.2. The minimum atomic E-state index is 0.211. The van der Waals surface area contributed by atoms with Gasteiger partial charge in [0.15, 0.2) is 0 Å². The van der Waals surface area contributed by atoms with E-state index in [-0.39, 0.29) is 12.1 Å². The first-order valence-corrected chi connectivity index (χ1v) is 18.5. The normalized spacial score (nSPS) is 18.8. The van der Waals surface area contributed by atoms with Gasteiger partial charge in [-0.3, -0.25) is 0 Å². The predicted molar refractivity (Wildman–Crippen MR) is 176 cm³/mol. The minimum Gasteiger partial charge on any atom is -0.322 e. The highest BCUT2D eigenvalue weighted by Crippen LogP contribution is 2.23. The monoisotopic (exact) mass is 551 g/mol. The van der Waals surface area contributed by atoms with Gasteiger partial charge in [0.2, 0.25) is 0 Å². The summed E-state index contributed by atoms with van der Waals surface area (Å²) in [6, 6.07) is 0.423. The molecule has 0 aliphatic carbocycles. The summed E-state index contributed by atoms with van der Waals surface area (Å²) in [6.45, 7) is 9.49. The smallest absolute Gasteiger partial charge is 0.0958 e. The molecule has 3 heteroatoms. The van der Waals surface area contributed by atoms with Gasteiger partial charge in [-0.15, -0.1) is 0 Å². The minimum absolute atomic E-state index is 0.211. The molecule has 1 rings (SSSR count). The molecular formula is C36H76N3+. The molecule has 0 spiro atoms. The third-order valence-electron chi connectivity index (χ3n) is 9.72. The molecule has 39 heavy (non-hydrogen) atoms. The number of unbranched alkanes of at least 4 members (excludes halogenated alkanes) is 26. The van der Waals surface area contributed by atoms with Crippen molar-refractivity contribution in [2.75, 3.05) is 26.2 Å². The third kappa shape index (κ3) is 21.3. The summed E-state index contributed by atoms with van der Waals surface area (Å²) in [7, 11) is 0. The Morgan fingerprint density at radius 2 is 0.564 bits per heavy atom. The van der Waals surface area contributed by atoms with Crippen LogP contribution < -0.4 is 11.5 Å². The van der Waals surface area contributed by atoms with Crippen LogP contribution in [0.5, 0.6) is 0 Å². The fraction of sp³-hybridized carbons (Fsp3) is 1.00. The Hall–Kier alpha value is -0.120. The molecular weight excluding hydrogens is 474 g/mol. The molecule has 0 aromatic carbocycles. The van der Waals surface area contributed by atoms with E-state index in [2.05, 4.69) is 13.8 Å². The maximum Gasteiger partial charge on any atom is 0.0958 e. The lowest BCUT2D eigenvalue weighted by Crippen LogP contribution is -2.49. The Balaban J connectivity index is 2.00. The highest BCUT2D eigenvalue weighted by molar-refractivity contribution is 4.82. The van der Waals surface area contributed by atoms with E-state index in [1.54, 1.807) is 0 Å². The summed E-state index contributed by atoms with van der Waals surface area (Å²) in [4.78, 5) is 0. The molecule has 2 atom stereocenters. The largest absolute Gasteiger partial charge is 0.322 e. The van der Waals surface area contributed by atoms with Crippen LogP contribution in [0.3, 0.4) is 0 Å². The van der Waals surface area contributed by atoms with E-state index in [0.29, 0.717) is 0 Å². The maximum absolute atomic E-state index is 6.41. The van der Waals surface area contributed by atoms with Crippen molar-refractivity contribution >= 4 is 0 Å². The summed E-state index contributed by atoms with van der Waals surface area (Å²) in [5.74, 6) is 0. The van der Waals surface area contributed by atoms with Gasteiger partial charge >= 0.3 is 0 Å². The van der Waals surface area contributed by atoms with E-state index in [4.69, 9.17) is 11.5 Å². The number of nitrogens with two attached hydrogens (primary N) is 2. The van der Waals surface area contributed by atoms with Crippen LogP contribution in [-0.2, 0) is 0 Å². The van der Waals surface area contributed by atoms with Crippen molar-refractivity contribution in [3.63, 3.8) is 0 Å². The van der Waals surface area contributed by atoms with Crippen molar-refractivity contribution < 1.29 is 4.48 Å². The van der Waals surface area contributed by atoms with E-state index in [9.17, 15) is 0 Å². The molecule has 0 unspecified atom stereocenters. The highest BCUT2D eigenvalue weighted by Gasteiger charge is 2.40. The van der Waals surface area contributed by atoms with Gasteiger partial charge in [0, 0.05) is 0 Å². The number of rotatable bonds is 30. The molecule has 1 aliphatic rings. The zero-order chi connectivity index (χ0) is 28.3. The van der Waals surface area contributed by atoms with Crippen LogP contribution in [0.25, 0.3) is 0 Å². The van der Waals surface area contributed by atoms with Crippen LogP contribution in [0.15, 0.2) is 0 Å². The molecule has 0 aromatic heterocycles. The lowest BCUT2D eigenvalue weighted by atomic mass is 10.0. The van der Waals surface area contributed by atoms with Crippen LogP contribution in [0.2, 0.25) is 0 Å². The fourth-order valence-corrected chi connectivity index (χ4v) is 7.00. The maximum atomic E-state index is 6.41. The van der Waals surface area contributed by atoms with E-state index in [0.717, 1.165) is 13.1 Å². The molecule has 1 fully saturated rings. The standard InChI is InChI=1S/C36H76N3/c1-3-5-7-9-11-13-15-17-19-21-23-25-27-29-31-39(33-35(37)36(38)34-39)32-30-28-26-24-22-20-18-16-14-12-10-8-6-4-2/h35-36H,3-34,37-38H2,1-2H3/q+1/t35-,36-/m0/s1. The molecule has 1 saturated heterocycles. The van der Waals surface area contributed by atoms with Gasteiger partial charge in [0.05, 0.1) is 38.3 Å². The van der Waals surface area contributed by atoms with Crippen LogP contribution in [0.4, 0.5) is 0 Å². The number of likely N-dealkylation sites (tertiary alicyclic amines) is 1. The Bertz CT molecular complexity index is 450. The van der Waals surface area contributed by atoms with Gasteiger partial charge in [0.25, 0.3) is 0 Å². The summed E-state index contributed by atoms with van der Waals surface area (Å²) >= 11 is 0. The molecule has 234 valence electrons. The molecule has 3 nitrogen and oxygen atoms in total. The highest BCUT2D eigenvalue weighted by atomic mass is 15.4. The Morgan fingerprint density at radius 3 is 0.795 bits per heavy atom. The van der Waals surface area contributed by atoms with Gasteiger partial charge in [-0.1, -0.05) is 168 Å². The van der Waals surface area contributed by atoms with Crippen molar-refractivity contribution in [1.82, 2.24) is 0 Å². The Kier molecular flexibility index (Phi) is 25.3. The van der Waals surface area contributed by atoms with E-state index in [1.165, 1.54) is 197 Å². The number of nitrogens with zero attached hydrogens (tertiary/aromatic N) is 1. The second-order valence-electron chi connectivity index (χ2n) is 13.7. The zero-order valence-corrected chi connectivity index (χ0v) is 27.4. The lowest BCUT2D eigenvalue weighted by molar-refractivity contribution is -0.917. The molecule has 1 heterocycles. The quantitative estimate of drug-likeness (QED) is 0.0690. The Labute approximate surface area is 247 Å². The van der Waals surface area contributed by atoms with Crippen LogP contribution in [0, 0.1) is 0 Å². The van der Waals surface area contributed by atoms with Gasteiger partial charge < -0.3 is 16.0 Å². The van der Waals surface area contributed by atoms with Gasteiger partial charge in [-0.25, -0.2) is 0 Å². The zero-order valence-electron chi connectivity index (χ0n) is 27.4. The fourth-order valence-electron chi connectivity index (χ4n) is 7.00. The number of quaternary nitrogens is 1. The first-order chi connectivity index (χ1) is 19.1. The van der Waals surface area contributed by atoms with E-state index >= 15 is 0 Å². The van der Waals surface area contributed by atoms with Crippen molar-refractivity contribution in [3.8, 4) is 0 Å². The molecule has 0 aromatic rings. The second-order valence-corrected chi connectivity index (χ2v) is 13.7.